The molecule has 0 atom stereocenters. The number of halogens is 3. The minimum absolute atomic E-state index is 0.158. The number of hydrogen-bond donors (Lipinski definition) is 1. The summed E-state index contributed by atoms with van der Waals surface area (Å²) in [6.45, 7) is 2.88. The highest BCUT2D eigenvalue weighted by Crippen LogP contribution is 2.21. The molecule has 74 valence electrons. The van der Waals surface area contributed by atoms with Crippen molar-refractivity contribution >= 4 is 5.71 Å². The van der Waals surface area contributed by atoms with Crippen LogP contribution in [-0.2, 0) is 4.74 Å². The molecule has 0 saturated heterocycles. The van der Waals surface area contributed by atoms with Crippen molar-refractivity contribution in [2.45, 2.75) is 20.2 Å². The van der Waals surface area contributed by atoms with Gasteiger partial charge in [-0.2, -0.15) is 0 Å². The zero-order chi connectivity index (χ0) is 10.5. The summed E-state index contributed by atoms with van der Waals surface area (Å²) in [6.07, 6.45) is -1.19. The van der Waals surface area contributed by atoms with Crippen LogP contribution in [0.5, 0.6) is 0 Å². The Morgan fingerprint density at radius 3 is 2.15 bits per heavy atom. The standard InChI is InChI=1S/C8H10F3NO/c1-3-7(5-4-6(2)12)13-8(9,10)11/h3-5,12H,1-2H3/b5-4-,7-3+,12-6?. The Balaban J connectivity index is 4.31. The maximum atomic E-state index is 11.7. The van der Waals surface area contributed by atoms with Gasteiger partial charge in [-0.15, -0.1) is 13.2 Å². The van der Waals surface area contributed by atoms with E-state index in [4.69, 9.17) is 5.41 Å². The third-order valence-electron chi connectivity index (χ3n) is 1.02. The molecule has 2 nitrogen and oxygen atoms in total. The van der Waals surface area contributed by atoms with Crippen molar-refractivity contribution in [1.82, 2.24) is 0 Å². The van der Waals surface area contributed by atoms with Crippen molar-refractivity contribution in [3.05, 3.63) is 24.0 Å². The summed E-state index contributed by atoms with van der Waals surface area (Å²) in [5.41, 5.74) is 0.158. The molecule has 0 aliphatic carbocycles. The SMILES string of the molecule is C/C=C(\C=C/C(C)=N)OC(F)(F)F. The molecule has 0 aromatic rings. The van der Waals surface area contributed by atoms with Crippen LogP contribution in [0, 0.1) is 5.41 Å². The second kappa shape index (κ2) is 4.69. The van der Waals surface area contributed by atoms with Crippen LogP contribution in [0.4, 0.5) is 13.2 Å². The molecule has 0 aliphatic heterocycles. The van der Waals surface area contributed by atoms with Crippen molar-refractivity contribution in [2.75, 3.05) is 0 Å². The van der Waals surface area contributed by atoms with Crippen LogP contribution in [0.15, 0.2) is 24.0 Å². The molecular weight excluding hydrogens is 183 g/mol. The predicted octanol–water partition coefficient (Wildman–Crippen LogP) is 3.02. The Bertz CT molecular complexity index is 240. The largest absolute Gasteiger partial charge is 0.573 e. The molecular formula is C8H10F3NO. The minimum atomic E-state index is -4.68. The fourth-order valence-corrected chi connectivity index (χ4v) is 0.530. The van der Waals surface area contributed by atoms with Gasteiger partial charge in [0.25, 0.3) is 0 Å². The van der Waals surface area contributed by atoms with E-state index < -0.39 is 6.36 Å². The van der Waals surface area contributed by atoms with Crippen molar-refractivity contribution in [2.24, 2.45) is 0 Å². The number of alkyl halides is 3. The fourth-order valence-electron chi connectivity index (χ4n) is 0.530. The first-order valence-electron chi connectivity index (χ1n) is 3.50. The lowest BCUT2D eigenvalue weighted by Gasteiger charge is -2.08. The predicted molar refractivity (Wildman–Crippen MR) is 43.4 cm³/mol. The van der Waals surface area contributed by atoms with Crippen LogP contribution in [0.3, 0.4) is 0 Å². The number of nitrogens with one attached hydrogen (secondary N) is 1. The molecule has 0 unspecified atom stereocenters. The molecule has 0 saturated carbocycles. The molecule has 0 radical (unpaired) electrons. The fraction of sp³-hybridized carbons (Fsp3) is 0.375. The van der Waals surface area contributed by atoms with Gasteiger partial charge in [0, 0.05) is 5.71 Å². The maximum absolute atomic E-state index is 11.7. The van der Waals surface area contributed by atoms with Crippen molar-refractivity contribution in [3.63, 3.8) is 0 Å². The van der Waals surface area contributed by atoms with E-state index in [1.54, 1.807) is 0 Å². The van der Waals surface area contributed by atoms with Crippen molar-refractivity contribution in [3.8, 4) is 0 Å². The molecule has 0 aromatic carbocycles. The number of allylic oxidation sites excluding steroid dienone is 3. The van der Waals surface area contributed by atoms with E-state index in [-0.39, 0.29) is 11.5 Å². The Hall–Kier alpha value is -1.26. The second-order valence-electron chi connectivity index (χ2n) is 2.26. The van der Waals surface area contributed by atoms with E-state index in [9.17, 15) is 13.2 Å². The zero-order valence-electron chi connectivity index (χ0n) is 7.27. The van der Waals surface area contributed by atoms with E-state index in [2.05, 4.69) is 4.74 Å². The first-order valence-corrected chi connectivity index (χ1v) is 3.50. The summed E-state index contributed by atoms with van der Waals surface area (Å²) in [4.78, 5) is 0. The van der Waals surface area contributed by atoms with E-state index in [0.29, 0.717) is 0 Å². The molecule has 0 spiro atoms. The van der Waals surface area contributed by atoms with Crippen LogP contribution in [-0.4, -0.2) is 12.1 Å². The van der Waals surface area contributed by atoms with E-state index >= 15 is 0 Å². The molecule has 0 rings (SSSR count). The molecule has 0 fully saturated rings. The summed E-state index contributed by atoms with van der Waals surface area (Å²) < 4.78 is 38.6. The molecule has 13 heavy (non-hydrogen) atoms. The van der Waals surface area contributed by atoms with Gasteiger partial charge in [-0.05, 0) is 32.1 Å². The summed E-state index contributed by atoms with van der Waals surface area (Å²) in [5, 5.41) is 6.94. The molecule has 0 bridgehead atoms. The molecule has 1 N–H and O–H groups in total. The van der Waals surface area contributed by atoms with Crippen molar-refractivity contribution in [1.29, 1.82) is 5.41 Å². The van der Waals surface area contributed by atoms with E-state index in [1.807, 2.05) is 0 Å². The number of rotatable bonds is 3. The van der Waals surface area contributed by atoms with Gasteiger partial charge < -0.3 is 10.1 Å². The third-order valence-corrected chi connectivity index (χ3v) is 1.02. The van der Waals surface area contributed by atoms with Gasteiger partial charge in [0.15, 0.2) is 0 Å². The number of ether oxygens (including phenoxy) is 1. The van der Waals surface area contributed by atoms with Crippen LogP contribution in [0.1, 0.15) is 13.8 Å². The van der Waals surface area contributed by atoms with E-state index in [0.717, 1.165) is 6.08 Å². The Morgan fingerprint density at radius 1 is 1.31 bits per heavy atom. The number of hydrogen-bond acceptors (Lipinski definition) is 2. The van der Waals surface area contributed by atoms with Gasteiger partial charge in [0.1, 0.15) is 5.76 Å². The topological polar surface area (TPSA) is 33.1 Å². The highest BCUT2D eigenvalue weighted by atomic mass is 19.4. The first kappa shape index (κ1) is 11.7. The summed E-state index contributed by atoms with van der Waals surface area (Å²) >= 11 is 0. The first-order chi connectivity index (χ1) is 5.85. The Labute approximate surface area is 74.2 Å². The van der Waals surface area contributed by atoms with Crippen molar-refractivity contribution < 1.29 is 17.9 Å². The van der Waals surface area contributed by atoms with Crippen LogP contribution in [0.2, 0.25) is 0 Å². The lowest BCUT2D eigenvalue weighted by molar-refractivity contribution is -0.303. The zero-order valence-corrected chi connectivity index (χ0v) is 7.27. The summed E-state index contributed by atoms with van der Waals surface area (Å²) in [6, 6.07) is 0. The highest BCUT2D eigenvalue weighted by molar-refractivity contribution is 5.90. The molecule has 5 heteroatoms. The van der Waals surface area contributed by atoms with Crippen LogP contribution >= 0.6 is 0 Å². The monoisotopic (exact) mass is 193 g/mol. The lowest BCUT2D eigenvalue weighted by Crippen LogP contribution is -2.12. The van der Waals surface area contributed by atoms with Gasteiger partial charge in [-0.3, -0.25) is 0 Å². The highest BCUT2D eigenvalue weighted by Gasteiger charge is 2.31. The normalized spacial score (nSPS) is 13.5. The molecule has 0 aromatic heterocycles. The average Bonchev–Trinajstić information content (AvgIpc) is 1.95. The van der Waals surface area contributed by atoms with Gasteiger partial charge in [0.05, 0.1) is 0 Å². The Morgan fingerprint density at radius 2 is 1.85 bits per heavy atom. The molecule has 0 aliphatic rings. The second-order valence-corrected chi connectivity index (χ2v) is 2.26. The Kier molecular flexibility index (Phi) is 4.23. The van der Waals surface area contributed by atoms with Crippen LogP contribution in [0.25, 0.3) is 0 Å². The summed E-state index contributed by atoms with van der Waals surface area (Å²) in [7, 11) is 0. The third kappa shape index (κ3) is 7.11. The maximum Gasteiger partial charge on any atom is 0.573 e. The van der Waals surface area contributed by atoms with Gasteiger partial charge in [0.2, 0.25) is 0 Å². The van der Waals surface area contributed by atoms with E-state index in [1.165, 1.54) is 26.0 Å². The lowest BCUT2D eigenvalue weighted by atomic mass is 10.3. The quantitative estimate of drug-likeness (QED) is 0.417. The molecule has 0 heterocycles. The van der Waals surface area contributed by atoms with Gasteiger partial charge in [-0.25, -0.2) is 0 Å². The van der Waals surface area contributed by atoms with Gasteiger partial charge in [-0.1, -0.05) is 0 Å². The average molecular weight is 193 g/mol. The molecule has 0 amide bonds. The van der Waals surface area contributed by atoms with Gasteiger partial charge >= 0.3 is 6.36 Å². The smallest absolute Gasteiger partial charge is 0.406 e. The van der Waals surface area contributed by atoms with Crippen LogP contribution < -0.4 is 0 Å². The summed E-state index contributed by atoms with van der Waals surface area (Å²) in [5.74, 6) is -0.320. The minimum Gasteiger partial charge on any atom is -0.406 e.